The van der Waals surface area contributed by atoms with Crippen LogP contribution in [-0.2, 0) is 20.9 Å². The Bertz CT molecular complexity index is 1270. The lowest BCUT2D eigenvalue weighted by atomic mass is 10.1. The number of nitrogens with one attached hydrogen (secondary N) is 1. The van der Waals surface area contributed by atoms with Crippen molar-refractivity contribution in [1.29, 1.82) is 0 Å². The lowest BCUT2D eigenvalue weighted by molar-refractivity contribution is -0.137. The molecule has 2 atom stereocenters. The van der Waals surface area contributed by atoms with Crippen molar-refractivity contribution in [2.24, 2.45) is 0 Å². The van der Waals surface area contributed by atoms with Crippen LogP contribution in [0, 0.1) is 0 Å². The van der Waals surface area contributed by atoms with Crippen LogP contribution in [0.2, 0.25) is 5.15 Å². The van der Waals surface area contributed by atoms with Gasteiger partial charge in [-0.2, -0.15) is 17.5 Å². The van der Waals surface area contributed by atoms with E-state index in [-0.39, 0.29) is 54.2 Å². The van der Waals surface area contributed by atoms with Gasteiger partial charge in [0.05, 0.1) is 16.5 Å². The number of anilines is 2. The van der Waals surface area contributed by atoms with Crippen LogP contribution in [0.25, 0.3) is 0 Å². The molecule has 0 unspecified atom stereocenters. The van der Waals surface area contributed by atoms with Gasteiger partial charge < -0.3 is 15.0 Å². The summed E-state index contributed by atoms with van der Waals surface area (Å²) in [6.45, 7) is 1.86. The number of aromatic nitrogens is 1. The van der Waals surface area contributed by atoms with Crippen LogP contribution in [-0.4, -0.2) is 75.2 Å². The Morgan fingerprint density at radius 3 is 2.46 bits per heavy atom. The summed E-state index contributed by atoms with van der Waals surface area (Å²) in [5.41, 5.74) is -0.358. The van der Waals surface area contributed by atoms with Crippen LogP contribution in [0.1, 0.15) is 18.4 Å². The molecule has 1 N–H and O–H groups in total. The van der Waals surface area contributed by atoms with E-state index in [1.807, 2.05) is 0 Å². The number of alkyl halides is 3. The Hall–Kier alpha value is -2.61. The highest BCUT2D eigenvalue weighted by molar-refractivity contribution is 7.89. The standard InChI is InChI=1S/C23H25ClF3N5O4S/c24-20-12-15(23(25,26)27)13-21(29-20)30-8-10-31(11-9-30)37(34,35)17-5-3-16(4-6-17)32-18-14-28-7-1-2-19(18)36-22(32)33/h3-6,12-13,18-19,28H,1-2,7-11,14H2/t18-,19+/m0/s1. The minimum absolute atomic E-state index is 0.0463. The van der Waals surface area contributed by atoms with Gasteiger partial charge in [0, 0.05) is 38.4 Å². The molecule has 3 aliphatic heterocycles. The molecule has 3 aliphatic rings. The molecule has 1 aromatic heterocycles. The third-order valence-corrected chi connectivity index (χ3v) is 8.94. The van der Waals surface area contributed by atoms with Crippen molar-refractivity contribution < 1.29 is 31.1 Å². The Morgan fingerprint density at radius 1 is 1.08 bits per heavy atom. The number of fused-ring (bicyclic) bond motifs is 1. The molecule has 14 heteroatoms. The first-order valence-corrected chi connectivity index (χ1v) is 13.7. The Balaban J connectivity index is 1.28. The van der Waals surface area contributed by atoms with Gasteiger partial charge in [0.15, 0.2) is 0 Å². The smallest absolute Gasteiger partial charge is 0.416 e. The van der Waals surface area contributed by atoms with Crippen molar-refractivity contribution in [1.82, 2.24) is 14.6 Å². The highest BCUT2D eigenvalue weighted by Crippen LogP contribution is 2.34. The maximum absolute atomic E-state index is 13.2. The van der Waals surface area contributed by atoms with Crippen molar-refractivity contribution in [3.05, 3.63) is 47.1 Å². The monoisotopic (exact) mass is 559 g/mol. The number of carbonyl (C=O) groups is 1. The molecule has 0 radical (unpaired) electrons. The molecule has 200 valence electrons. The van der Waals surface area contributed by atoms with Gasteiger partial charge in [0.25, 0.3) is 0 Å². The van der Waals surface area contributed by atoms with Crippen LogP contribution in [0.15, 0.2) is 41.3 Å². The summed E-state index contributed by atoms with van der Waals surface area (Å²) in [5, 5.41) is 3.01. The van der Waals surface area contributed by atoms with E-state index in [2.05, 4.69) is 10.3 Å². The molecule has 0 saturated carbocycles. The number of ether oxygens (including phenoxy) is 1. The summed E-state index contributed by atoms with van der Waals surface area (Å²) in [5.74, 6) is 0.0463. The fourth-order valence-electron chi connectivity index (χ4n) is 4.91. The Labute approximate surface area is 217 Å². The summed E-state index contributed by atoms with van der Waals surface area (Å²) in [4.78, 5) is 19.7. The third-order valence-electron chi connectivity index (χ3n) is 6.83. The summed E-state index contributed by atoms with van der Waals surface area (Å²) >= 11 is 5.79. The molecule has 37 heavy (non-hydrogen) atoms. The van der Waals surface area contributed by atoms with Crippen molar-refractivity contribution >= 4 is 39.2 Å². The van der Waals surface area contributed by atoms with Gasteiger partial charge in [-0.3, -0.25) is 4.90 Å². The average Bonchev–Trinajstić information content (AvgIpc) is 3.01. The molecule has 0 aliphatic carbocycles. The van der Waals surface area contributed by atoms with E-state index < -0.39 is 27.9 Å². The lowest BCUT2D eigenvalue weighted by Gasteiger charge is -2.35. The first-order chi connectivity index (χ1) is 17.5. The summed E-state index contributed by atoms with van der Waals surface area (Å²) in [6.07, 6.45) is -3.56. The van der Waals surface area contributed by atoms with Gasteiger partial charge in [-0.25, -0.2) is 18.2 Å². The SMILES string of the molecule is O=C1O[C@@H]2CCCNC[C@@H]2N1c1ccc(S(=O)(=O)N2CCN(c3cc(C(F)(F)F)cc(Cl)n3)CC2)cc1. The molecular weight excluding hydrogens is 535 g/mol. The zero-order valence-corrected chi connectivity index (χ0v) is 21.2. The number of nitrogens with zero attached hydrogens (tertiary/aromatic N) is 4. The molecule has 3 saturated heterocycles. The fraction of sp³-hybridized carbons (Fsp3) is 0.478. The van der Waals surface area contributed by atoms with E-state index in [0.29, 0.717) is 12.2 Å². The molecule has 2 aromatic rings. The maximum Gasteiger partial charge on any atom is 0.416 e. The van der Waals surface area contributed by atoms with E-state index in [0.717, 1.165) is 31.5 Å². The number of carbonyl (C=O) groups excluding carboxylic acids is 1. The van der Waals surface area contributed by atoms with E-state index in [1.54, 1.807) is 21.9 Å². The van der Waals surface area contributed by atoms with Crippen LogP contribution < -0.4 is 15.1 Å². The molecule has 5 rings (SSSR count). The summed E-state index contributed by atoms with van der Waals surface area (Å²) in [7, 11) is -3.86. The summed E-state index contributed by atoms with van der Waals surface area (Å²) in [6, 6.07) is 7.59. The first-order valence-electron chi connectivity index (χ1n) is 11.8. The Morgan fingerprint density at radius 2 is 1.78 bits per heavy atom. The predicted molar refractivity (Wildman–Crippen MR) is 130 cm³/mol. The lowest BCUT2D eigenvalue weighted by Crippen LogP contribution is -2.49. The van der Waals surface area contributed by atoms with Crippen molar-refractivity contribution in [3.8, 4) is 0 Å². The molecule has 0 bridgehead atoms. The normalized spacial score (nSPS) is 23.5. The number of sulfonamides is 1. The number of hydrogen-bond acceptors (Lipinski definition) is 7. The minimum atomic E-state index is -4.57. The van der Waals surface area contributed by atoms with Gasteiger partial charge in [-0.1, -0.05) is 11.6 Å². The second-order valence-electron chi connectivity index (χ2n) is 9.13. The number of hydrogen-bond donors (Lipinski definition) is 1. The van der Waals surface area contributed by atoms with Crippen LogP contribution in [0.3, 0.4) is 0 Å². The number of benzene rings is 1. The second-order valence-corrected chi connectivity index (χ2v) is 11.5. The largest absolute Gasteiger partial charge is 0.444 e. The van der Waals surface area contributed by atoms with Gasteiger partial charge in [-0.05, 0) is 55.8 Å². The van der Waals surface area contributed by atoms with Crippen LogP contribution in [0.5, 0.6) is 0 Å². The number of halogens is 4. The topological polar surface area (TPSA) is 95.1 Å². The number of rotatable bonds is 4. The van der Waals surface area contributed by atoms with E-state index in [1.165, 1.54) is 16.4 Å². The molecule has 0 spiro atoms. The Kier molecular flexibility index (Phi) is 6.98. The minimum Gasteiger partial charge on any atom is -0.444 e. The predicted octanol–water partition coefficient (Wildman–Crippen LogP) is 3.34. The average molecular weight is 560 g/mol. The van der Waals surface area contributed by atoms with Crippen LogP contribution >= 0.6 is 11.6 Å². The molecular formula is C23H25ClF3N5O4S. The molecule has 9 nitrogen and oxygen atoms in total. The van der Waals surface area contributed by atoms with Crippen molar-refractivity contribution in [2.45, 2.75) is 36.1 Å². The van der Waals surface area contributed by atoms with Crippen molar-refractivity contribution in [2.75, 3.05) is 49.1 Å². The zero-order valence-electron chi connectivity index (χ0n) is 19.6. The maximum atomic E-state index is 13.2. The molecule has 1 aromatic carbocycles. The third kappa shape index (κ3) is 5.22. The summed E-state index contributed by atoms with van der Waals surface area (Å²) < 4.78 is 72.7. The van der Waals surface area contributed by atoms with E-state index in [9.17, 15) is 26.4 Å². The molecule has 4 heterocycles. The highest BCUT2D eigenvalue weighted by atomic mass is 35.5. The van der Waals surface area contributed by atoms with E-state index >= 15 is 0 Å². The number of pyridine rings is 1. The first kappa shape index (κ1) is 26.0. The number of amides is 1. The second kappa shape index (κ2) is 9.93. The molecule has 1 amide bonds. The van der Waals surface area contributed by atoms with Gasteiger partial charge in [-0.15, -0.1) is 0 Å². The quantitative estimate of drug-likeness (QED) is 0.574. The number of piperazine rings is 1. The van der Waals surface area contributed by atoms with Crippen molar-refractivity contribution in [3.63, 3.8) is 0 Å². The fourth-order valence-corrected chi connectivity index (χ4v) is 6.54. The van der Waals surface area contributed by atoms with Gasteiger partial charge in [0.1, 0.15) is 17.1 Å². The zero-order chi connectivity index (χ0) is 26.4. The van der Waals surface area contributed by atoms with Gasteiger partial charge in [0.2, 0.25) is 10.0 Å². The van der Waals surface area contributed by atoms with Gasteiger partial charge >= 0.3 is 12.3 Å². The van der Waals surface area contributed by atoms with Crippen LogP contribution in [0.4, 0.5) is 29.5 Å². The van der Waals surface area contributed by atoms with E-state index in [4.69, 9.17) is 16.3 Å². The highest BCUT2D eigenvalue weighted by Gasteiger charge is 2.43. The molecule has 3 fully saturated rings.